The lowest BCUT2D eigenvalue weighted by Gasteiger charge is -2.12. The second-order valence-corrected chi connectivity index (χ2v) is 4.88. The molecule has 0 fully saturated rings. The molecule has 5 heteroatoms. The molecule has 0 spiro atoms. The molecule has 0 radical (unpaired) electrons. The van der Waals surface area contributed by atoms with E-state index in [0.717, 1.165) is 12.0 Å². The van der Waals surface area contributed by atoms with Crippen molar-refractivity contribution in [3.05, 3.63) is 28.8 Å². The fraction of sp³-hybridized carbons (Fsp3) is 0.500. The lowest BCUT2D eigenvalue weighted by atomic mass is 10.2. The minimum atomic E-state index is -0.494. The number of ether oxygens (including phenoxy) is 1. The predicted molar refractivity (Wildman–Crippen MR) is 75.6 cm³/mol. The number of benzene rings is 1. The van der Waals surface area contributed by atoms with Crippen LogP contribution in [0.3, 0.4) is 0 Å². The zero-order chi connectivity index (χ0) is 14.3. The third kappa shape index (κ3) is 5.94. The van der Waals surface area contributed by atoms with Crippen molar-refractivity contribution in [1.82, 2.24) is 5.32 Å². The van der Waals surface area contributed by atoms with Crippen LogP contribution in [0, 0.1) is 6.92 Å². The van der Waals surface area contributed by atoms with E-state index in [9.17, 15) is 9.90 Å². The normalized spacial score (nSPS) is 12.0. The molecule has 0 aliphatic rings. The second kappa shape index (κ2) is 8.02. The molecule has 1 aromatic carbocycles. The van der Waals surface area contributed by atoms with Crippen LogP contribution in [0.25, 0.3) is 0 Å². The van der Waals surface area contributed by atoms with Crippen LogP contribution in [-0.4, -0.2) is 30.3 Å². The van der Waals surface area contributed by atoms with Crippen LogP contribution >= 0.6 is 11.6 Å². The Bertz CT molecular complexity index is 423. The fourth-order valence-corrected chi connectivity index (χ4v) is 1.86. The van der Waals surface area contributed by atoms with Gasteiger partial charge in [-0.05, 0) is 37.1 Å². The molecule has 4 nitrogen and oxygen atoms in total. The van der Waals surface area contributed by atoms with Crippen LogP contribution in [0.5, 0.6) is 5.75 Å². The molecular weight excluding hydrogens is 266 g/mol. The van der Waals surface area contributed by atoms with Gasteiger partial charge in [-0.15, -0.1) is 0 Å². The number of aliphatic hydroxyl groups is 1. The highest BCUT2D eigenvalue weighted by Crippen LogP contribution is 2.21. The van der Waals surface area contributed by atoms with E-state index in [0.29, 0.717) is 17.2 Å². The Morgan fingerprint density at radius 3 is 2.89 bits per heavy atom. The molecule has 1 unspecified atom stereocenters. The van der Waals surface area contributed by atoms with E-state index in [1.807, 2.05) is 13.8 Å². The van der Waals surface area contributed by atoms with E-state index < -0.39 is 6.10 Å². The van der Waals surface area contributed by atoms with Crippen molar-refractivity contribution in [1.29, 1.82) is 0 Å². The van der Waals surface area contributed by atoms with E-state index in [2.05, 4.69) is 5.32 Å². The van der Waals surface area contributed by atoms with Gasteiger partial charge in [0, 0.05) is 11.6 Å². The molecule has 0 saturated carbocycles. The van der Waals surface area contributed by atoms with Gasteiger partial charge in [-0.25, -0.2) is 0 Å². The molecule has 1 amide bonds. The van der Waals surface area contributed by atoms with Crippen molar-refractivity contribution < 1.29 is 14.6 Å². The summed E-state index contributed by atoms with van der Waals surface area (Å²) >= 11 is 5.83. The summed E-state index contributed by atoms with van der Waals surface area (Å²) in [6, 6.07) is 5.23. The highest BCUT2D eigenvalue weighted by Gasteiger charge is 2.08. The van der Waals surface area contributed by atoms with Gasteiger partial charge in [0.05, 0.1) is 6.10 Å². The van der Waals surface area contributed by atoms with Gasteiger partial charge in [0.25, 0.3) is 5.91 Å². The van der Waals surface area contributed by atoms with Crippen LogP contribution in [-0.2, 0) is 4.79 Å². The Hall–Kier alpha value is -1.26. The fourth-order valence-electron chi connectivity index (χ4n) is 1.64. The van der Waals surface area contributed by atoms with Crippen molar-refractivity contribution in [2.24, 2.45) is 0 Å². The third-order valence-electron chi connectivity index (χ3n) is 2.65. The molecule has 1 atom stereocenters. The number of aryl methyl sites for hydroxylation is 1. The summed E-state index contributed by atoms with van der Waals surface area (Å²) in [5.41, 5.74) is 0.881. The molecular formula is C14H20ClNO3. The number of amides is 1. The SMILES string of the molecule is CCCC(O)CNC(=O)COc1ccc(Cl)cc1C. The maximum Gasteiger partial charge on any atom is 0.258 e. The zero-order valence-corrected chi connectivity index (χ0v) is 12.0. The first-order chi connectivity index (χ1) is 9.02. The summed E-state index contributed by atoms with van der Waals surface area (Å²) in [5.74, 6) is 0.387. The summed E-state index contributed by atoms with van der Waals surface area (Å²) in [4.78, 5) is 11.5. The number of halogens is 1. The molecule has 0 aliphatic heterocycles. The smallest absolute Gasteiger partial charge is 0.258 e. The molecule has 0 aromatic heterocycles. The Morgan fingerprint density at radius 1 is 1.53 bits per heavy atom. The van der Waals surface area contributed by atoms with Crippen LogP contribution < -0.4 is 10.1 Å². The van der Waals surface area contributed by atoms with E-state index in [-0.39, 0.29) is 19.1 Å². The Morgan fingerprint density at radius 2 is 2.26 bits per heavy atom. The molecule has 0 bridgehead atoms. The standard InChI is InChI=1S/C14H20ClNO3/c1-3-4-12(17)8-16-14(18)9-19-13-6-5-11(15)7-10(13)2/h5-7,12,17H,3-4,8-9H2,1-2H3,(H,16,18). The van der Waals surface area contributed by atoms with E-state index in [1.54, 1.807) is 18.2 Å². The van der Waals surface area contributed by atoms with Gasteiger partial charge < -0.3 is 15.2 Å². The van der Waals surface area contributed by atoms with Crippen LogP contribution in [0.1, 0.15) is 25.3 Å². The predicted octanol–water partition coefficient (Wildman–Crippen LogP) is 2.30. The average Bonchev–Trinajstić information content (AvgIpc) is 2.35. The average molecular weight is 286 g/mol. The van der Waals surface area contributed by atoms with E-state index >= 15 is 0 Å². The number of nitrogens with one attached hydrogen (secondary N) is 1. The van der Waals surface area contributed by atoms with Gasteiger partial charge in [-0.3, -0.25) is 4.79 Å². The molecule has 1 rings (SSSR count). The molecule has 2 N–H and O–H groups in total. The maximum absolute atomic E-state index is 11.5. The Labute approximate surface area is 118 Å². The van der Waals surface area contributed by atoms with E-state index in [4.69, 9.17) is 16.3 Å². The highest BCUT2D eigenvalue weighted by molar-refractivity contribution is 6.30. The van der Waals surface area contributed by atoms with Crippen LogP contribution in [0.4, 0.5) is 0 Å². The largest absolute Gasteiger partial charge is 0.484 e. The van der Waals surface area contributed by atoms with Crippen molar-refractivity contribution in [3.63, 3.8) is 0 Å². The molecule has 1 aromatic rings. The Kier molecular flexibility index (Phi) is 6.67. The lowest BCUT2D eigenvalue weighted by molar-refractivity contribution is -0.123. The molecule has 0 saturated heterocycles. The number of rotatable bonds is 7. The van der Waals surface area contributed by atoms with Gasteiger partial charge in [0.1, 0.15) is 5.75 Å². The molecule has 0 aliphatic carbocycles. The van der Waals surface area contributed by atoms with Crippen LogP contribution in [0.15, 0.2) is 18.2 Å². The summed E-state index contributed by atoms with van der Waals surface area (Å²) in [5, 5.41) is 12.8. The second-order valence-electron chi connectivity index (χ2n) is 4.45. The van der Waals surface area contributed by atoms with Crippen molar-refractivity contribution >= 4 is 17.5 Å². The van der Waals surface area contributed by atoms with Crippen molar-refractivity contribution in [2.45, 2.75) is 32.8 Å². The first-order valence-corrected chi connectivity index (χ1v) is 6.74. The van der Waals surface area contributed by atoms with Gasteiger partial charge >= 0.3 is 0 Å². The minimum absolute atomic E-state index is 0.0681. The summed E-state index contributed by atoms with van der Waals surface area (Å²) in [7, 11) is 0. The first kappa shape index (κ1) is 15.8. The third-order valence-corrected chi connectivity index (χ3v) is 2.89. The topological polar surface area (TPSA) is 58.6 Å². The summed E-state index contributed by atoms with van der Waals surface area (Å²) in [6.07, 6.45) is 1.07. The summed E-state index contributed by atoms with van der Waals surface area (Å²) in [6.45, 7) is 4.04. The number of carbonyl (C=O) groups excluding carboxylic acids is 1. The Balaban J connectivity index is 2.33. The van der Waals surface area contributed by atoms with Crippen LogP contribution in [0.2, 0.25) is 5.02 Å². The molecule has 0 heterocycles. The maximum atomic E-state index is 11.5. The first-order valence-electron chi connectivity index (χ1n) is 6.36. The van der Waals surface area contributed by atoms with Gasteiger partial charge in [-0.1, -0.05) is 24.9 Å². The molecule has 19 heavy (non-hydrogen) atoms. The number of hydrogen-bond acceptors (Lipinski definition) is 3. The van der Waals surface area contributed by atoms with E-state index in [1.165, 1.54) is 0 Å². The number of aliphatic hydroxyl groups excluding tert-OH is 1. The highest BCUT2D eigenvalue weighted by atomic mass is 35.5. The van der Waals surface area contributed by atoms with Gasteiger partial charge in [0.2, 0.25) is 0 Å². The molecule has 106 valence electrons. The zero-order valence-electron chi connectivity index (χ0n) is 11.3. The minimum Gasteiger partial charge on any atom is -0.484 e. The summed E-state index contributed by atoms with van der Waals surface area (Å²) < 4.78 is 5.39. The number of hydrogen-bond donors (Lipinski definition) is 2. The van der Waals surface area contributed by atoms with Gasteiger partial charge in [-0.2, -0.15) is 0 Å². The van der Waals surface area contributed by atoms with Gasteiger partial charge in [0.15, 0.2) is 6.61 Å². The van der Waals surface area contributed by atoms with Crippen molar-refractivity contribution in [3.8, 4) is 5.75 Å². The number of carbonyl (C=O) groups is 1. The quantitative estimate of drug-likeness (QED) is 0.808. The van der Waals surface area contributed by atoms with Crippen molar-refractivity contribution in [2.75, 3.05) is 13.2 Å². The monoisotopic (exact) mass is 285 g/mol. The lowest BCUT2D eigenvalue weighted by Crippen LogP contribution is -2.35.